The van der Waals surface area contributed by atoms with Gasteiger partial charge in [0.1, 0.15) is 15.6 Å². The first-order valence-corrected chi connectivity index (χ1v) is 11.7. The van der Waals surface area contributed by atoms with Crippen molar-refractivity contribution in [3.05, 3.63) is 51.1 Å². The number of rotatable bonds is 4. The first kappa shape index (κ1) is 20.1. The monoisotopic (exact) mass is 433 g/mol. The molecule has 1 atom stereocenters. The molecule has 10 heteroatoms. The van der Waals surface area contributed by atoms with E-state index in [-0.39, 0.29) is 16.5 Å². The second-order valence-corrected chi connectivity index (χ2v) is 10.4. The maximum Gasteiger partial charge on any atom is 0.259 e. The Kier molecular flexibility index (Phi) is 5.28. The molecular formula is C19H23N5O3S2. The number of thiophene rings is 1. The van der Waals surface area contributed by atoms with Crippen molar-refractivity contribution in [2.24, 2.45) is 0 Å². The van der Waals surface area contributed by atoms with E-state index in [1.807, 2.05) is 20.8 Å². The van der Waals surface area contributed by atoms with Gasteiger partial charge < -0.3 is 4.98 Å². The van der Waals surface area contributed by atoms with Gasteiger partial charge in [0, 0.05) is 43.4 Å². The maximum absolute atomic E-state index is 12.8. The minimum Gasteiger partial charge on any atom is -0.309 e. The largest absolute Gasteiger partial charge is 0.309 e. The SMILES string of the molecule is Cc1sc2nc(C(C)N3CCN(S(=O)(=O)c4cccnc4)CC3)[nH]c(=O)c2c1C. The molecule has 3 aromatic heterocycles. The molecule has 0 spiro atoms. The fourth-order valence-electron chi connectivity index (χ4n) is 3.62. The third kappa shape index (κ3) is 3.61. The van der Waals surface area contributed by atoms with Gasteiger partial charge in [-0.1, -0.05) is 0 Å². The van der Waals surface area contributed by atoms with Crippen LogP contribution in [0.5, 0.6) is 0 Å². The molecule has 1 unspecified atom stereocenters. The van der Waals surface area contributed by atoms with Crippen LogP contribution >= 0.6 is 11.3 Å². The molecule has 1 fully saturated rings. The lowest BCUT2D eigenvalue weighted by Gasteiger charge is -2.36. The number of piperazine rings is 1. The molecule has 4 rings (SSSR count). The van der Waals surface area contributed by atoms with Gasteiger partial charge in [-0.2, -0.15) is 4.31 Å². The fourth-order valence-corrected chi connectivity index (χ4v) is 6.05. The van der Waals surface area contributed by atoms with Gasteiger partial charge in [-0.3, -0.25) is 14.7 Å². The Balaban J connectivity index is 1.52. The highest BCUT2D eigenvalue weighted by atomic mass is 32.2. The van der Waals surface area contributed by atoms with Gasteiger partial charge in [-0.05, 0) is 38.5 Å². The van der Waals surface area contributed by atoms with Crippen molar-refractivity contribution >= 4 is 31.6 Å². The number of aromatic amines is 1. The number of sulfonamides is 1. The number of aryl methyl sites for hydroxylation is 2. The van der Waals surface area contributed by atoms with Crippen molar-refractivity contribution in [3.63, 3.8) is 0 Å². The molecule has 4 heterocycles. The minimum atomic E-state index is -3.54. The molecule has 0 bridgehead atoms. The summed E-state index contributed by atoms with van der Waals surface area (Å²) in [6.45, 7) is 7.80. The number of nitrogens with zero attached hydrogens (tertiary/aromatic N) is 4. The van der Waals surface area contributed by atoms with Crippen LogP contribution < -0.4 is 5.56 Å². The van der Waals surface area contributed by atoms with Gasteiger partial charge in [0.2, 0.25) is 10.0 Å². The molecule has 0 aromatic carbocycles. The van der Waals surface area contributed by atoms with Crippen LogP contribution in [0.25, 0.3) is 10.2 Å². The smallest absolute Gasteiger partial charge is 0.259 e. The highest BCUT2D eigenvalue weighted by Crippen LogP contribution is 2.28. The van der Waals surface area contributed by atoms with Crippen LogP contribution in [-0.2, 0) is 10.0 Å². The second kappa shape index (κ2) is 7.60. The molecule has 0 saturated carbocycles. The topological polar surface area (TPSA) is 99.3 Å². The Morgan fingerprint density at radius 3 is 2.59 bits per heavy atom. The van der Waals surface area contributed by atoms with Crippen molar-refractivity contribution < 1.29 is 8.42 Å². The Bertz CT molecular complexity index is 1200. The summed E-state index contributed by atoms with van der Waals surface area (Å²) in [6.07, 6.45) is 2.93. The summed E-state index contributed by atoms with van der Waals surface area (Å²) in [4.78, 5) is 28.3. The summed E-state index contributed by atoms with van der Waals surface area (Å²) in [5, 5.41) is 0.663. The third-order valence-electron chi connectivity index (χ3n) is 5.55. The van der Waals surface area contributed by atoms with E-state index in [1.54, 1.807) is 18.3 Å². The summed E-state index contributed by atoms with van der Waals surface area (Å²) in [6, 6.07) is 3.07. The van der Waals surface area contributed by atoms with Gasteiger partial charge in [-0.25, -0.2) is 13.4 Å². The zero-order valence-corrected chi connectivity index (χ0v) is 18.2. The van der Waals surface area contributed by atoms with Crippen LogP contribution in [0.3, 0.4) is 0 Å². The molecule has 0 radical (unpaired) electrons. The van der Waals surface area contributed by atoms with Crippen LogP contribution in [0.1, 0.15) is 29.2 Å². The van der Waals surface area contributed by atoms with E-state index in [0.717, 1.165) is 15.3 Å². The summed E-state index contributed by atoms with van der Waals surface area (Å²) in [5.74, 6) is 0.618. The van der Waals surface area contributed by atoms with E-state index in [2.05, 4.69) is 19.9 Å². The summed E-state index contributed by atoms with van der Waals surface area (Å²) in [5.41, 5.74) is 0.865. The zero-order valence-electron chi connectivity index (χ0n) is 16.5. The normalized spacial score (nSPS) is 17.6. The van der Waals surface area contributed by atoms with E-state index >= 15 is 0 Å². The molecule has 1 aliphatic heterocycles. The van der Waals surface area contributed by atoms with Gasteiger partial charge in [0.05, 0.1) is 11.4 Å². The number of pyridine rings is 1. The second-order valence-electron chi connectivity index (χ2n) is 7.22. The van der Waals surface area contributed by atoms with Crippen LogP contribution in [0, 0.1) is 13.8 Å². The van der Waals surface area contributed by atoms with Gasteiger partial charge in [0.15, 0.2) is 0 Å². The molecular weight excluding hydrogens is 410 g/mol. The Morgan fingerprint density at radius 2 is 1.93 bits per heavy atom. The van der Waals surface area contributed by atoms with Gasteiger partial charge in [0.25, 0.3) is 5.56 Å². The van der Waals surface area contributed by atoms with Crippen LogP contribution in [0.2, 0.25) is 0 Å². The lowest BCUT2D eigenvalue weighted by molar-refractivity contribution is 0.141. The average Bonchev–Trinajstić information content (AvgIpc) is 3.02. The number of hydrogen-bond acceptors (Lipinski definition) is 7. The number of nitrogens with one attached hydrogen (secondary N) is 1. The molecule has 8 nitrogen and oxygen atoms in total. The first-order valence-electron chi connectivity index (χ1n) is 9.43. The number of H-pyrrole nitrogens is 1. The highest BCUT2D eigenvalue weighted by Gasteiger charge is 2.31. The van der Waals surface area contributed by atoms with Crippen molar-refractivity contribution in [2.45, 2.75) is 31.7 Å². The van der Waals surface area contributed by atoms with Crippen molar-refractivity contribution in [2.75, 3.05) is 26.2 Å². The molecule has 0 amide bonds. The van der Waals surface area contributed by atoms with Crippen LogP contribution in [0.4, 0.5) is 0 Å². The van der Waals surface area contributed by atoms with Gasteiger partial charge >= 0.3 is 0 Å². The van der Waals surface area contributed by atoms with Crippen molar-refractivity contribution in [3.8, 4) is 0 Å². The quantitative estimate of drug-likeness (QED) is 0.676. The lowest BCUT2D eigenvalue weighted by atomic mass is 10.2. The number of fused-ring (bicyclic) bond motifs is 1. The Labute approximate surface area is 173 Å². The van der Waals surface area contributed by atoms with E-state index < -0.39 is 10.0 Å². The van der Waals surface area contributed by atoms with Crippen LogP contribution in [-0.4, -0.2) is 58.8 Å². The Morgan fingerprint density at radius 1 is 1.21 bits per heavy atom. The minimum absolute atomic E-state index is 0.113. The number of aromatic nitrogens is 3. The molecule has 1 saturated heterocycles. The molecule has 29 heavy (non-hydrogen) atoms. The standard InChI is InChI=1S/C19H23N5O3S2/c1-12-14(3)28-19-16(12)18(25)21-17(22-19)13(2)23-7-9-24(10-8-23)29(26,27)15-5-4-6-20-11-15/h4-6,11,13H,7-10H2,1-3H3,(H,21,22,25). The summed E-state index contributed by atoms with van der Waals surface area (Å²) in [7, 11) is -3.54. The van der Waals surface area contributed by atoms with Crippen molar-refractivity contribution in [1.29, 1.82) is 0 Å². The molecule has 3 aromatic rings. The fraction of sp³-hybridized carbons (Fsp3) is 0.421. The van der Waals surface area contributed by atoms with E-state index in [0.29, 0.717) is 37.4 Å². The van der Waals surface area contributed by atoms with Crippen LogP contribution in [0.15, 0.2) is 34.2 Å². The Hall–Kier alpha value is -2.14. The summed E-state index contributed by atoms with van der Waals surface area (Å²) < 4.78 is 27.0. The van der Waals surface area contributed by atoms with Gasteiger partial charge in [-0.15, -0.1) is 11.3 Å². The van der Waals surface area contributed by atoms with Crippen molar-refractivity contribution in [1.82, 2.24) is 24.2 Å². The molecule has 1 N–H and O–H groups in total. The molecule has 0 aliphatic carbocycles. The summed E-state index contributed by atoms with van der Waals surface area (Å²) >= 11 is 1.53. The molecule has 1 aliphatic rings. The van der Waals surface area contributed by atoms with E-state index in [4.69, 9.17) is 0 Å². The zero-order chi connectivity index (χ0) is 20.8. The highest BCUT2D eigenvalue weighted by molar-refractivity contribution is 7.89. The third-order valence-corrected chi connectivity index (χ3v) is 8.53. The lowest BCUT2D eigenvalue weighted by Crippen LogP contribution is -2.49. The maximum atomic E-state index is 12.8. The number of hydrogen-bond donors (Lipinski definition) is 1. The van der Waals surface area contributed by atoms with E-state index in [9.17, 15) is 13.2 Å². The predicted molar refractivity (Wildman–Crippen MR) is 113 cm³/mol. The predicted octanol–water partition coefficient (Wildman–Crippen LogP) is 2.06. The first-order chi connectivity index (χ1) is 13.8. The van der Waals surface area contributed by atoms with E-state index in [1.165, 1.54) is 21.8 Å². The average molecular weight is 434 g/mol. The molecule has 154 valence electrons.